The molecule has 1 fully saturated rings. The molecular formula is C28H33N3O5. The molecule has 0 aromatic heterocycles. The van der Waals surface area contributed by atoms with Gasteiger partial charge >= 0.3 is 0 Å². The van der Waals surface area contributed by atoms with Crippen LogP contribution in [0.5, 0.6) is 11.5 Å². The molecule has 2 atom stereocenters. The van der Waals surface area contributed by atoms with E-state index in [4.69, 9.17) is 19.3 Å². The molecule has 1 amide bonds. The van der Waals surface area contributed by atoms with Crippen LogP contribution in [0.1, 0.15) is 29.5 Å². The largest absolute Gasteiger partial charge is 0.632 e. The van der Waals surface area contributed by atoms with Crippen LogP contribution in [0.15, 0.2) is 59.7 Å². The van der Waals surface area contributed by atoms with Gasteiger partial charge in [0.2, 0.25) is 5.91 Å². The first-order chi connectivity index (χ1) is 17.5. The maximum atomic E-state index is 13.4. The van der Waals surface area contributed by atoms with Crippen LogP contribution in [0.4, 0.5) is 0 Å². The third-order valence-corrected chi connectivity index (χ3v) is 7.38. The fourth-order valence-electron chi connectivity index (χ4n) is 5.30. The van der Waals surface area contributed by atoms with Gasteiger partial charge in [0.05, 0.1) is 45.6 Å². The topological polar surface area (TPSA) is 83.4 Å². The number of carbonyl (C=O) groups excluding carboxylic acids is 1. The number of hydrazone groups is 1. The van der Waals surface area contributed by atoms with Crippen molar-refractivity contribution < 1.29 is 23.7 Å². The normalized spacial score (nSPS) is 23.1. The highest BCUT2D eigenvalue weighted by Gasteiger charge is 2.40. The molecule has 3 aliphatic rings. The fourth-order valence-corrected chi connectivity index (χ4v) is 5.30. The number of amides is 1. The summed E-state index contributed by atoms with van der Waals surface area (Å²) in [6, 6.07) is 13.8. The molecule has 0 N–H and O–H groups in total. The van der Waals surface area contributed by atoms with Crippen molar-refractivity contribution in [1.82, 2.24) is 5.01 Å². The second-order valence-corrected chi connectivity index (χ2v) is 9.70. The summed E-state index contributed by atoms with van der Waals surface area (Å²) in [5.41, 5.74) is 3.80. The number of hydrogen-bond donors (Lipinski definition) is 0. The summed E-state index contributed by atoms with van der Waals surface area (Å²) < 4.78 is 16.0. The maximum Gasteiger partial charge on any atom is 0.247 e. The van der Waals surface area contributed by atoms with E-state index in [1.54, 1.807) is 19.2 Å². The molecular weight excluding hydrogens is 458 g/mol. The molecule has 8 nitrogen and oxygen atoms in total. The number of methoxy groups -OCH3 is 2. The van der Waals surface area contributed by atoms with Crippen molar-refractivity contribution in [1.29, 1.82) is 0 Å². The first kappa shape index (κ1) is 24.5. The molecule has 2 aliphatic heterocycles. The van der Waals surface area contributed by atoms with Crippen molar-refractivity contribution in [2.24, 2.45) is 16.9 Å². The highest BCUT2D eigenvalue weighted by Crippen LogP contribution is 2.37. The summed E-state index contributed by atoms with van der Waals surface area (Å²) in [6.07, 6.45) is 5.72. The van der Waals surface area contributed by atoms with Gasteiger partial charge in [-0.3, -0.25) is 4.79 Å². The standard InChI is InChI=1S/C28H33N3O5/c1-34-25-12-11-22(17-26(25)35-2)27-23-5-3-4-6-24(23)28(32)30(29-27)18-20-7-9-21(10-8-20)19-31(33)13-15-36-16-14-31/h3-4,7-12,17,23-24H,5-6,13-16,18-19H2,1-2H3/t23-,24+/m1/s1. The Labute approximate surface area is 211 Å². The third-order valence-electron chi connectivity index (χ3n) is 7.38. The van der Waals surface area contributed by atoms with Gasteiger partial charge < -0.3 is 24.1 Å². The number of allylic oxidation sites excluding steroid dienone is 2. The molecule has 2 aromatic carbocycles. The molecule has 0 bridgehead atoms. The van der Waals surface area contributed by atoms with E-state index in [9.17, 15) is 10.0 Å². The minimum Gasteiger partial charge on any atom is -0.632 e. The van der Waals surface area contributed by atoms with Gasteiger partial charge in [-0.15, -0.1) is 0 Å². The van der Waals surface area contributed by atoms with Gasteiger partial charge in [-0.25, -0.2) is 5.01 Å². The molecule has 5 rings (SSSR count). The summed E-state index contributed by atoms with van der Waals surface area (Å²) in [6.45, 7) is 2.80. The summed E-state index contributed by atoms with van der Waals surface area (Å²) in [5.74, 6) is 1.24. The van der Waals surface area contributed by atoms with Crippen LogP contribution in [0.25, 0.3) is 0 Å². The Morgan fingerprint density at radius 3 is 2.33 bits per heavy atom. The van der Waals surface area contributed by atoms with Crippen LogP contribution in [0.3, 0.4) is 0 Å². The van der Waals surface area contributed by atoms with E-state index in [1.165, 1.54) is 0 Å². The van der Waals surface area contributed by atoms with Crippen LogP contribution in [0, 0.1) is 17.0 Å². The van der Waals surface area contributed by atoms with Crippen LogP contribution in [-0.4, -0.2) is 61.8 Å². The number of hydroxylamine groups is 3. The third kappa shape index (κ3) is 5.02. The number of rotatable bonds is 7. The lowest BCUT2D eigenvalue weighted by Gasteiger charge is -2.45. The number of benzene rings is 2. The first-order valence-corrected chi connectivity index (χ1v) is 12.5. The van der Waals surface area contributed by atoms with E-state index in [0.29, 0.717) is 57.3 Å². The Bertz CT molecular complexity index is 1150. The molecule has 1 saturated heterocycles. The Morgan fingerprint density at radius 1 is 0.972 bits per heavy atom. The number of fused-ring (bicyclic) bond motifs is 1. The zero-order valence-corrected chi connectivity index (χ0v) is 20.9. The maximum absolute atomic E-state index is 13.4. The van der Waals surface area contributed by atoms with Crippen molar-refractivity contribution >= 4 is 11.6 Å². The van der Waals surface area contributed by atoms with Crippen molar-refractivity contribution in [3.8, 4) is 11.5 Å². The molecule has 2 heterocycles. The van der Waals surface area contributed by atoms with Gasteiger partial charge in [0.25, 0.3) is 0 Å². The molecule has 190 valence electrons. The number of morpholine rings is 1. The molecule has 1 aliphatic carbocycles. The Kier molecular flexibility index (Phi) is 7.09. The summed E-state index contributed by atoms with van der Waals surface area (Å²) >= 11 is 0. The predicted molar refractivity (Wildman–Crippen MR) is 136 cm³/mol. The van der Waals surface area contributed by atoms with Gasteiger partial charge in [0.15, 0.2) is 11.5 Å². The van der Waals surface area contributed by atoms with Crippen LogP contribution < -0.4 is 9.47 Å². The fraction of sp³-hybridized carbons (Fsp3) is 0.429. The lowest BCUT2D eigenvalue weighted by Crippen LogP contribution is -2.49. The van der Waals surface area contributed by atoms with E-state index in [-0.39, 0.29) is 22.4 Å². The smallest absolute Gasteiger partial charge is 0.247 e. The molecule has 0 saturated carbocycles. The number of ether oxygens (including phenoxy) is 3. The number of carbonyl (C=O) groups is 1. The second kappa shape index (κ2) is 10.4. The minimum atomic E-state index is -0.250. The van der Waals surface area contributed by atoms with Gasteiger partial charge in [0.1, 0.15) is 19.6 Å². The molecule has 0 unspecified atom stereocenters. The lowest BCUT2D eigenvalue weighted by molar-refractivity contribution is -0.901. The summed E-state index contributed by atoms with van der Waals surface area (Å²) in [7, 11) is 3.23. The SMILES string of the molecule is COc1ccc(C2=NN(Cc3ccc(C[N+]4([O-])CCOCC4)cc3)C(=O)[C@H]3CC=CC[C@@H]23)cc1OC. The van der Waals surface area contributed by atoms with E-state index >= 15 is 0 Å². The summed E-state index contributed by atoms with van der Waals surface area (Å²) in [5, 5.41) is 19.4. The average Bonchev–Trinajstić information content (AvgIpc) is 2.91. The monoisotopic (exact) mass is 491 g/mol. The van der Waals surface area contributed by atoms with E-state index in [2.05, 4.69) is 12.2 Å². The van der Waals surface area contributed by atoms with Gasteiger partial charge in [-0.05, 0) is 36.6 Å². The van der Waals surface area contributed by atoms with Crippen LogP contribution >= 0.6 is 0 Å². The van der Waals surface area contributed by atoms with Crippen molar-refractivity contribution in [2.45, 2.75) is 25.9 Å². The number of hydrogen-bond acceptors (Lipinski definition) is 6. The van der Waals surface area contributed by atoms with Gasteiger partial charge in [0, 0.05) is 17.0 Å². The molecule has 0 radical (unpaired) electrons. The lowest BCUT2D eigenvalue weighted by atomic mass is 9.76. The van der Waals surface area contributed by atoms with Crippen molar-refractivity contribution in [3.05, 3.63) is 76.5 Å². The first-order valence-electron chi connectivity index (χ1n) is 12.5. The number of nitrogens with zero attached hydrogens (tertiary/aromatic N) is 3. The van der Waals surface area contributed by atoms with Crippen LogP contribution in [0.2, 0.25) is 0 Å². The number of quaternary nitrogens is 1. The van der Waals surface area contributed by atoms with E-state index < -0.39 is 0 Å². The zero-order chi connectivity index (χ0) is 25.1. The van der Waals surface area contributed by atoms with Gasteiger partial charge in [-0.2, -0.15) is 5.10 Å². The molecule has 8 heteroatoms. The minimum absolute atomic E-state index is 0.0321. The van der Waals surface area contributed by atoms with Crippen molar-refractivity contribution in [2.75, 3.05) is 40.5 Å². The predicted octanol–water partition coefficient (Wildman–Crippen LogP) is 3.88. The van der Waals surface area contributed by atoms with Gasteiger partial charge in [-0.1, -0.05) is 36.4 Å². The van der Waals surface area contributed by atoms with E-state index in [0.717, 1.165) is 28.8 Å². The summed E-state index contributed by atoms with van der Waals surface area (Å²) in [4.78, 5) is 13.4. The Hall–Kier alpha value is -3.20. The van der Waals surface area contributed by atoms with Crippen molar-refractivity contribution in [3.63, 3.8) is 0 Å². The highest BCUT2D eigenvalue weighted by molar-refractivity contribution is 6.07. The quantitative estimate of drug-likeness (QED) is 0.334. The molecule has 2 aromatic rings. The molecule has 0 spiro atoms. The zero-order valence-electron chi connectivity index (χ0n) is 20.9. The molecule has 36 heavy (non-hydrogen) atoms. The highest BCUT2D eigenvalue weighted by atomic mass is 16.6. The Balaban J connectivity index is 1.39. The second-order valence-electron chi connectivity index (χ2n) is 9.70. The Morgan fingerprint density at radius 2 is 1.64 bits per heavy atom. The van der Waals surface area contributed by atoms with Crippen LogP contribution in [-0.2, 0) is 22.6 Å². The average molecular weight is 492 g/mol. The van der Waals surface area contributed by atoms with E-state index in [1.807, 2.05) is 42.5 Å².